The molecule has 0 atom stereocenters. The van der Waals surface area contributed by atoms with E-state index in [0.717, 1.165) is 42.4 Å². The highest BCUT2D eigenvalue weighted by Crippen LogP contribution is 2.46. The van der Waals surface area contributed by atoms with Gasteiger partial charge in [-0.15, -0.1) is 0 Å². The number of hydrogen-bond donors (Lipinski definition) is 0. The van der Waals surface area contributed by atoms with Crippen LogP contribution >= 0.6 is 0 Å². The Kier molecular flexibility index (Phi) is 7.23. The topological polar surface area (TPSA) is 52.6 Å². The molecule has 0 aromatic heterocycles. The van der Waals surface area contributed by atoms with E-state index in [1.165, 1.54) is 6.42 Å². The summed E-state index contributed by atoms with van der Waals surface area (Å²) in [5.74, 6) is 0.133. The first kappa shape index (κ1) is 22.8. The highest BCUT2D eigenvalue weighted by Gasteiger charge is 2.29. The molecule has 4 rings (SSSR count). The molecule has 0 aliphatic heterocycles. The summed E-state index contributed by atoms with van der Waals surface area (Å²) in [4.78, 5) is 26.1. The zero-order valence-corrected chi connectivity index (χ0v) is 19.3. The van der Waals surface area contributed by atoms with Crippen LogP contribution in [0.2, 0.25) is 0 Å². The third-order valence-electron chi connectivity index (χ3n) is 6.36. The van der Waals surface area contributed by atoms with Gasteiger partial charge in [0.2, 0.25) is 0 Å². The van der Waals surface area contributed by atoms with Crippen molar-refractivity contribution in [3.8, 4) is 11.5 Å². The third kappa shape index (κ3) is 5.16. The molecule has 170 valence electrons. The van der Waals surface area contributed by atoms with E-state index in [2.05, 4.69) is 13.0 Å². The van der Waals surface area contributed by atoms with Gasteiger partial charge < -0.3 is 9.47 Å². The quantitative estimate of drug-likeness (QED) is 0.303. The fraction of sp³-hybridized carbons (Fsp3) is 0.310. The van der Waals surface area contributed by atoms with Crippen LogP contribution in [0.5, 0.6) is 11.5 Å². The molecule has 33 heavy (non-hydrogen) atoms. The molecule has 0 bridgehead atoms. The van der Waals surface area contributed by atoms with Crippen molar-refractivity contribution >= 4 is 11.9 Å². The van der Waals surface area contributed by atoms with Crippen LogP contribution in [0.4, 0.5) is 0 Å². The standard InChI is InChI=1S/C29H30O4/c1-3-21-19-20(2)25(22-13-7-4-8-14-22)27(33-29(31)24-17-11-6-12-18-24)26(21)32-28(30)23-15-9-5-10-16-23/h5-6,9-12,15-19,22H,3-4,7-8,13-14H2,1-2H3. The number of benzene rings is 3. The number of esters is 2. The molecule has 4 heteroatoms. The fourth-order valence-electron chi connectivity index (χ4n) is 4.68. The number of ether oxygens (including phenoxy) is 2. The first-order valence-corrected chi connectivity index (χ1v) is 11.8. The Balaban J connectivity index is 1.81. The minimum absolute atomic E-state index is 0.275. The van der Waals surface area contributed by atoms with E-state index in [1.807, 2.05) is 31.2 Å². The van der Waals surface area contributed by atoms with Gasteiger partial charge in [0.25, 0.3) is 0 Å². The van der Waals surface area contributed by atoms with Crippen LogP contribution in [-0.4, -0.2) is 11.9 Å². The molecule has 0 heterocycles. The average Bonchev–Trinajstić information content (AvgIpc) is 2.87. The second kappa shape index (κ2) is 10.5. The lowest BCUT2D eigenvalue weighted by atomic mass is 9.81. The Morgan fingerprint density at radius 1 is 0.788 bits per heavy atom. The molecular weight excluding hydrogens is 412 g/mol. The molecule has 4 nitrogen and oxygen atoms in total. The lowest BCUT2D eigenvalue weighted by molar-refractivity contribution is 0.0678. The maximum absolute atomic E-state index is 13.1. The molecule has 1 fully saturated rings. The van der Waals surface area contributed by atoms with Crippen LogP contribution in [0.1, 0.15) is 82.4 Å². The van der Waals surface area contributed by atoms with E-state index in [9.17, 15) is 9.59 Å². The van der Waals surface area contributed by atoms with Crippen LogP contribution in [0.25, 0.3) is 0 Å². The number of carbonyl (C=O) groups excluding carboxylic acids is 2. The highest BCUT2D eigenvalue weighted by atomic mass is 16.6. The van der Waals surface area contributed by atoms with Crippen molar-refractivity contribution in [2.75, 3.05) is 0 Å². The third-order valence-corrected chi connectivity index (χ3v) is 6.36. The molecule has 0 amide bonds. The van der Waals surface area contributed by atoms with E-state index in [1.54, 1.807) is 36.4 Å². The first-order chi connectivity index (χ1) is 16.1. The number of aryl methyl sites for hydroxylation is 2. The molecule has 0 radical (unpaired) electrons. The molecule has 1 aliphatic carbocycles. The minimum atomic E-state index is -0.458. The molecular formula is C29H30O4. The lowest BCUT2D eigenvalue weighted by Gasteiger charge is -2.27. The van der Waals surface area contributed by atoms with Gasteiger partial charge in [-0.05, 0) is 67.5 Å². The van der Waals surface area contributed by atoms with Crippen LogP contribution in [0.3, 0.4) is 0 Å². The second-order valence-corrected chi connectivity index (χ2v) is 8.62. The highest BCUT2D eigenvalue weighted by molar-refractivity contribution is 5.93. The monoisotopic (exact) mass is 442 g/mol. The Labute approximate surface area is 195 Å². The summed E-state index contributed by atoms with van der Waals surface area (Å²) in [7, 11) is 0. The van der Waals surface area contributed by atoms with E-state index in [-0.39, 0.29) is 5.92 Å². The van der Waals surface area contributed by atoms with Crippen LogP contribution in [0, 0.1) is 6.92 Å². The van der Waals surface area contributed by atoms with Crippen molar-refractivity contribution < 1.29 is 19.1 Å². The molecule has 1 aliphatic rings. The van der Waals surface area contributed by atoms with Crippen molar-refractivity contribution in [1.82, 2.24) is 0 Å². The smallest absolute Gasteiger partial charge is 0.343 e. The van der Waals surface area contributed by atoms with Crippen molar-refractivity contribution in [3.63, 3.8) is 0 Å². The molecule has 3 aromatic rings. The molecule has 3 aromatic carbocycles. The van der Waals surface area contributed by atoms with Crippen molar-refractivity contribution in [3.05, 3.63) is 94.5 Å². The maximum Gasteiger partial charge on any atom is 0.343 e. The van der Waals surface area contributed by atoms with Gasteiger partial charge in [-0.25, -0.2) is 9.59 Å². The van der Waals surface area contributed by atoms with Gasteiger partial charge in [-0.3, -0.25) is 0 Å². The summed E-state index contributed by atoms with van der Waals surface area (Å²) in [5.41, 5.74) is 3.85. The summed E-state index contributed by atoms with van der Waals surface area (Å²) >= 11 is 0. The number of rotatable bonds is 6. The summed E-state index contributed by atoms with van der Waals surface area (Å²) in [6.07, 6.45) is 6.23. The number of carbonyl (C=O) groups is 2. The second-order valence-electron chi connectivity index (χ2n) is 8.62. The first-order valence-electron chi connectivity index (χ1n) is 11.8. The van der Waals surface area contributed by atoms with E-state index in [0.29, 0.717) is 29.0 Å². The van der Waals surface area contributed by atoms with Crippen molar-refractivity contribution in [1.29, 1.82) is 0 Å². The molecule has 0 N–H and O–H groups in total. The molecule has 1 saturated carbocycles. The molecule has 0 saturated heterocycles. The van der Waals surface area contributed by atoms with Gasteiger partial charge in [0.05, 0.1) is 11.1 Å². The van der Waals surface area contributed by atoms with Gasteiger partial charge in [0, 0.05) is 5.56 Å². The maximum atomic E-state index is 13.1. The van der Waals surface area contributed by atoms with E-state index >= 15 is 0 Å². The van der Waals surface area contributed by atoms with Gasteiger partial charge in [-0.1, -0.05) is 68.7 Å². The van der Waals surface area contributed by atoms with Crippen LogP contribution in [-0.2, 0) is 6.42 Å². The fourth-order valence-corrected chi connectivity index (χ4v) is 4.68. The summed E-state index contributed by atoms with van der Waals surface area (Å²) < 4.78 is 12.0. The van der Waals surface area contributed by atoms with Gasteiger partial charge >= 0.3 is 11.9 Å². The lowest BCUT2D eigenvalue weighted by Crippen LogP contribution is -2.17. The SMILES string of the molecule is CCc1cc(C)c(C2CCCCC2)c(OC(=O)c2ccccc2)c1OC(=O)c1ccccc1. The van der Waals surface area contributed by atoms with Crippen molar-refractivity contribution in [2.24, 2.45) is 0 Å². The zero-order valence-electron chi connectivity index (χ0n) is 19.3. The predicted octanol–water partition coefficient (Wildman–Crippen LogP) is 7.04. The number of hydrogen-bond acceptors (Lipinski definition) is 4. The van der Waals surface area contributed by atoms with Gasteiger partial charge in [0.1, 0.15) is 0 Å². The van der Waals surface area contributed by atoms with Gasteiger partial charge in [0.15, 0.2) is 11.5 Å². The van der Waals surface area contributed by atoms with Crippen LogP contribution in [0.15, 0.2) is 66.7 Å². The largest absolute Gasteiger partial charge is 0.419 e. The van der Waals surface area contributed by atoms with E-state index < -0.39 is 11.9 Å². The average molecular weight is 443 g/mol. The van der Waals surface area contributed by atoms with Crippen molar-refractivity contribution in [2.45, 2.75) is 58.3 Å². The van der Waals surface area contributed by atoms with Crippen LogP contribution < -0.4 is 9.47 Å². The normalized spacial score (nSPS) is 14.0. The van der Waals surface area contributed by atoms with E-state index in [4.69, 9.17) is 9.47 Å². The predicted molar refractivity (Wildman–Crippen MR) is 129 cm³/mol. The Hall–Kier alpha value is -3.40. The summed E-state index contributed by atoms with van der Waals surface area (Å²) in [5, 5.41) is 0. The Morgan fingerprint density at radius 3 is 1.82 bits per heavy atom. The van der Waals surface area contributed by atoms with Gasteiger partial charge in [-0.2, -0.15) is 0 Å². The Bertz CT molecular complexity index is 1110. The minimum Gasteiger partial charge on any atom is -0.419 e. The Morgan fingerprint density at radius 2 is 1.30 bits per heavy atom. The molecule has 0 unspecified atom stereocenters. The molecule has 0 spiro atoms. The summed E-state index contributed by atoms with van der Waals surface area (Å²) in [6, 6.07) is 19.9. The zero-order chi connectivity index (χ0) is 23.2. The summed E-state index contributed by atoms with van der Waals surface area (Å²) in [6.45, 7) is 4.07.